The summed E-state index contributed by atoms with van der Waals surface area (Å²) in [6.07, 6.45) is 4.10. The van der Waals surface area contributed by atoms with Crippen LogP contribution in [0.2, 0.25) is 0 Å². The van der Waals surface area contributed by atoms with E-state index in [0.29, 0.717) is 0 Å². The van der Waals surface area contributed by atoms with Crippen molar-refractivity contribution in [2.45, 2.75) is 25.9 Å². The van der Waals surface area contributed by atoms with Crippen LogP contribution in [0.15, 0.2) is 34.9 Å². The minimum absolute atomic E-state index is 0.152. The van der Waals surface area contributed by atoms with Crippen molar-refractivity contribution in [1.29, 1.82) is 0 Å². The number of benzene rings is 1. The molecule has 0 aliphatic carbocycles. The minimum atomic E-state index is 0.152. The van der Waals surface area contributed by atoms with E-state index in [2.05, 4.69) is 13.0 Å². The fourth-order valence-electron chi connectivity index (χ4n) is 1.91. The Morgan fingerprint density at radius 2 is 2.13 bits per heavy atom. The summed E-state index contributed by atoms with van der Waals surface area (Å²) < 4.78 is 11.0. The Balaban J connectivity index is 2.41. The van der Waals surface area contributed by atoms with E-state index in [1.54, 1.807) is 7.11 Å². The van der Waals surface area contributed by atoms with E-state index in [-0.39, 0.29) is 6.10 Å². The molecule has 1 aromatic carbocycles. The van der Waals surface area contributed by atoms with E-state index in [4.69, 9.17) is 9.15 Å². The van der Waals surface area contributed by atoms with Crippen LogP contribution in [0, 0.1) is 0 Å². The molecule has 0 saturated heterocycles. The third-order valence-electron chi connectivity index (χ3n) is 2.69. The highest BCUT2D eigenvalue weighted by atomic mass is 16.5. The second-order valence-corrected chi connectivity index (χ2v) is 3.70. The molecule has 1 heterocycles. The molecule has 0 aliphatic heterocycles. The highest BCUT2D eigenvalue weighted by molar-refractivity contribution is 5.81. The van der Waals surface area contributed by atoms with Gasteiger partial charge in [-0.1, -0.05) is 31.5 Å². The fourth-order valence-corrected chi connectivity index (χ4v) is 1.91. The lowest BCUT2D eigenvalue weighted by molar-refractivity contribution is 0.0954. The second-order valence-electron chi connectivity index (χ2n) is 3.70. The van der Waals surface area contributed by atoms with E-state index < -0.39 is 0 Å². The van der Waals surface area contributed by atoms with Gasteiger partial charge in [0.25, 0.3) is 0 Å². The van der Waals surface area contributed by atoms with Crippen LogP contribution in [0.4, 0.5) is 0 Å². The fraction of sp³-hybridized carbons (Fsp3) is 0.385. The second kappa shape index (κ2) is 4.49. The molecule has 0 saturated carbocycles. The van der Waals surface area contributed by atoms with Gasteiger partial charge in [-0.15, -0.1) is 0 Å². The third-order valence-corrected chi connectivity index (χ3v) is 2.69. The average Bonchev–Trinajstić information content (AvgIpc) is 2.70. The number of rotatable bonds is 4. The molecule has 0 bridgehead atoms. The van der Waals surface area contributed by atoms with E-state index in [9.17, 15) is 0 Å². The summed E-state index contributed by atoms with van der Waals surface area (Å²) in [4.78, 5) is 0. The van der Waals surface area contributed by atoms with Gasteiger partial charge in [-0.3, -0.25) is 0 Å². The Labute approximate surface area is 89.8 Å². The van der Waals surface area contributed by atoms with Crippen molar-refractivity contribution in [3.8, 4) is 0 Å². The van der Waals surface area contributed by atoms with Crippen molar-refractivity contribution in [3.05, 3.63) is 36.1 Å². The van der Waals surface area contributed by atoms with Gasteiger partial charge in [0.1, 0.15) is 5.58 Å². The quantitative estimate of drug-likeness (QED) is 0.753. The molecule has 1 aromatic heterocycles. The van der Waals surface area contributed by atoms with Gasteiger partial charge in [0.2, 0.25) is 0 Å². The lowest BCUT2D eigenvalue weighted by Crippen LogP contribution is -1.99. The molecule has 2 rings (SSSR count). The number of methoxy groups -OCH3 is 1. The van der Waals surface area contributed by atoms with Gasteiger partial charge in [-0.05, 0) is 12.5 Å². The molecule has 0 fully saturated rings. The SMILES string of the molecule is CCCC(OC)c1coc2ccccc12. The number of para-hydroxylation sites is 1. The third kappa shape index (κ3) is 1.90. The van der Waals surface area contributed by atoms with Crippen molar-refractivity contribution in [2.24, 2.45) is 0 Å². The maximum atomic E-state index is 5.50. The lowest BCUT2D eigenvalue weighted by atomic mass is 10.0. The molecule has 0 aliphatic rings. The smallest absolute Gasteiger partial charge is 0.134 e. The summed E-state index contributed by atoms with van der Waals surface area (Å²) in [5, 5.41) is 1.16. The van der Waals surface area contributed by atoms with E-state index in [1.165, 1.54) is 0 Å². The first-order valence-electron chi connectivity index (χ1n) is 5.35. The number of hydrogen-bond donors (Lipinski definition) is 0. The van der Waals surface area contributed by atoms with Crippen LogP contribution in [0.1, 0.15) is 31.4 Å². The topological polar surface area (TPSA) is 22.4 Å². The van der Waals surface area contributed by atoms with Crippen LogP contribution in [-0.2, 0) is 4.74 Å². The Hall–Kier alpha value is -1.28. The number of fused-ring (bicyclic) bond motifs is 1. The number of hydrogen-bond acceptors (Lipinski definition) is 2. The molecule has 15 heavy (non-hydrogen) atoms. The van der Waals surface area contributed by atoms with Crippen LogP contribution in [-0.4, -0.2) is 7.11 Å². The number of furan rings is 1. The lowest BCUT2D eigenvalue weighted by Gasteiger charge is -2.12. The summed E-state index contributed by atoms with van der Waals surface area (Å²) in [5.41, 5.74) is 2.10. The molecular weight excluding hydrogens is 188 g/mol. The van der Waals surface area contributed by atoms with E-state index >= 15 is 0 Å². The van der Waals surface area contributed by atoms with Gasteiger partial charge < -0.3 is 9.15 Å². The molecule has 2 nitrogen and oxygen atoms in total. The molecule has 80 valence electrons. The first kappa shape index (κ1) is 10.2. The Kier molecular flexibility index (Phi) is 3.07. The zero-order chi connectivity index (χ0) is 10.7. The molecule has 2 aromatic rings. The van der Waals surface area contributed by atoms with Crippen LogP contribution >= 0.6 is 0 Å². The van der Waals surface area contributed by atoms with Gasteiger partial charge in [-0.2, -0.15) is 0 Å². The minimum Gasteiger partial charge on any atom is -0.464 e. The summed E-state index contributed by atoms with van der Waals surface area (Å²) in [6.45, 7) is 2.16. The molecule has 2 heteroatoms. The van der Waals surface area contributed by atoms with Crippen molar-refractivity contribution in [1.82, 2.24) is 0 Å². The van der Waals surface area contributed by atoms with Crippen LogP contribution in [0.25, 0.3) is 11.0 Å². The normalized spacial score (nSPS) is 13.2. The zero-order valence-corrected chi connectivity index (χ0v) is 9.19. The molecule has 0 amide bonds. The van der Waals surface area contributed by atoms with Crippen molar-refractivity contribution < 1.29 is 9.15 Å². The first-order valence-corrected chi connectivity index (χ1v) is 5.35. The van der Waals surface area contributed by atoms with Gasteiger partial charge in [0, 0.05) is 18.1 Å². The molecule has 0 N–H and O–H groups in total. The van der Waals surface area contributed by atoms with Crippen molar-refractivity contribution in [3.63, 3.8) is 0 Å². The first-order chi connectivity index (χ1) is 7.36. The highest BCUT2D eigenvalue weighted by Crippen LogP contribution is 2.30. The predicted octanol–water partition coefficient (Wildman–Crippen LogP) is 3.92. The summed E-state index contributed by atoms with van der Waals surface area (Å²) in [7, 11) is 1.75. The average molecular weight is 204 g/mol. The number of ether oxygens (including phenoxy) is 1. The summed E-state index contributed by atoms with van der Waals surface area (Å²) in [5.74, 6) is 0. The summed E-state index contributed by atoms with van der Waals surface area (Å²) in [6, 6.07) is 8.07. The van der Waals surface area contributed by atoms with Gasteiger partial charge >= 0.3 is 0 Å². The monoisotopic (exact) mass is 204 g/mol. The molecule has 0 radical (unpaired) electrons. The van der Waals surface area contributed by atoms with Gasteiger partial charge in [-0.25, -0.2) is 0 Å². The van der Waals surface area contributed by atoms with Crippen molar-refractivity contribution in [2.75, 3.05) is 7.11 Å². The Bertz CT molecular complexity index is 431. The van der Waals surface area contributed by atoms with Gasteiger partial charge in [0.15, 0.2) is 0 Å². The standard InChI is InChI=1S/C13H16O2/c1-3-6-12(14-2)11-9-15-13-8-5-4-7-10(11)13/h4-5,7-9,12H,3,6H2,1-2H3. The molecule has 1 unspecified atom stereocenters. The van der Waals surface area contributed by atoms with E-state index in [0.717, 1.165) is 29.4 Å². The highest BCUT2D eigenvalue weighted by Gasteiger charge is 2.15. The predicted molar refractivity (Wildman–Crippen MR) is 60.9 cm³/mol. The molecule has 0 spiro atoms. The van der Waals surface area contributed by atoms with Crippen LogP contribution in [0.3, 0.4) is 0 Å². The Morgan fingerprint density at radius 3 is 2.87 bits per heavy atom. The zero-order valence-electron chi connectivity index (χ0n) is 9.19. The largest absolute Gasteiger partial charge is 0.464 e. The molecular formula is C13H16O2. The van der Waals surface area contributed by atoms with Crippen LogP contribution < -0.4 is 0 Å². The van der Waals surface area contributed by atoms with E-state index in [1.807, 2.05) is 24.5 Å². The maximum absolute atomic E-state index is 5.50. The summed E-state index contributed by atoms with van der Waals surface area (Å²) >= 11 is 0. The Morgan fingerprint density at radius 1 is 1.33 bits per heavy atom. The van der Waals surface area contributed by atoms with Gasteiger partial charge in [0.05, 0.1) is 12.4 Å². The molecule has 1 atom stereocenters. The van der Waals surface area contributed by atoms with Crippen LogP contribution in [0.5, 0.6) is 0 Å². The maximum Gasteiger partial charge on any atom is 0.134 e. The van der Waals surface area contributed by atoms with Crippen molar-refractivity contribution >= 4 is 11.0 Å².